The lowest BCUT2D eigenvalue weighted by molar-refractivity contribution is 0.506. The molecule has 2 aromatic rings. The molecule has 0 aliphatic rings. The summed E-state index contributed by atoms with van der Waals surface area (Å²) in [7, 11) is 0. The van der Waals surface area contributed by atoms with Crippen LogP contribution in [0.5, 0.6) is 0 Å². The second kappa shape index (κ2) is 5.91. The van der Waals surface area contributed by atoms with Gasteiger partial charge in [-0.15, -0.1) is 0 Å². The van der Waals surface area contributed by atoms with Crippen LogP contribution in [0.1, 0.15) is 30.4 Å². The highest BCUT2D eigenvalue weighted by atomic mass is 19.2. The van der Waals surface area contributed by atoms with Crippen molar-refractivity contribution in [3.05, 3.63) is 71.0 Å². The van der Waals surface area contributed by atoms with Gasteiger partial charge in [0.2, 0.25) is 0 Å². The first kappa shape index (κ1) is 13.7. The van der Waals surface area contributed by atoms with Crippen LogP contribution in [0.15, 0.2) is 42.5 Å². The summed E-state index contributed by atoms with van der Waals surface area (Å²) in [5.41, 5.74) is 1.75. The standard InChI is InChI=1S/C16H15F3/c1-2-12(13-4-6-14(17)7-5-13)9-11-3-8-15(18)16(19)10-11/h3-8,10,12H,2,9H2,1H3. The maximum absolute atomic E-state index is 13.2. The summed E-state index contributed by atoms with van der Waals surface area (Å²) in [5.74, 6) is -1.76. The third-order valence-corrected chi connectivity index (χ3v) is 3.30. The molecule has 0 amide bonds. The summed E-state index contributed by atoms with van der Waals surface area (Å²) in [6.45, 7) is 2.02. The van der Waals surface area contributed by atoms with E-state index in [1.54, 1.807) is 18.2 Å². The lowest BCUT2D eigenvalue weighted by Gasteiger charge is -2.15. The molecule has 0 N–H and O–H groups in total. The molecular weight excluding hydrogens is 249 g/mol. The van der Waals surface area contributed by atoms with Crippen LogP contribution in [0.2, 0.25) is 0 Å². The molecule has 100 valence electrons. The smallest absolute Gasteiger partial charge is 0.159 e. The fourth-order valence-electron chi connectivity index (χ4n) is 2.18. The van der Waals surface area contributed by atoms with E-state index in [0.717, 1.165) is 23.6 Å². The van der Waals surface area contributed by atoms with Crippen LogP contribution in [-0.2, 0) is 6.42 Å². The summed E-state index contributed by atoms with van der Waals surface area (Å²) >= 11 is 0. The van der Waals surface area contributed by atoms with Crippen molar-refractivity contribution in [1.29, 1.82) is 0 Å². The van der Waals surface area contributed by atoms with Gasteiger partial charge >= 0.3 is 0 Å². The largest absolute Gasteiger partial charge is 0.207 e. The highest BCUT2D eigenvalue weighted by molar-refractivity contribution is 5.25. The normalized spacial score (nSPS) is 12.4. The zero-order valence-corrected chi connectivity index (χ0v) is 10.7. The van der Waals surface area contributed by atoms with E-state index in [1.807, 2.05) is 6.92 Å². The molecule has 2 rings (SSSR count). The van der Waals surface area contributed by atoms with Gasteiger partial charge in [0, 0.05) is 0 Å². The Kier molecular flexibility index (Phi) is 4.25. The maximum Gasteiger partial charge on any atom is 0.159 e. The first-order chi connectivity index (χ1) is 9.10. The molecule has 1 atom stereocenters. The molecule has 0 heterocycles. The Morgan fingerprint density at radius 1 is 0.895 bits per heavy atom. The monoisotopic (exact) mass is 264 g/mol. The highest BCUT2D eigenvalue weighted by Crippen LogP contribution is 2.25. The predicted octanol–water partition coefficient (Wildman–Crippen LogP) is 4.84. The second-order valence-corrected chi connectivity index (χ2v) is 4.61. The molecule has 0 aromatic heterocycles. The summed E-state index contributed by atoms with van der Waals surface area (Å²) in [4.78, 5) is 0. The van der Waals surface area contributed by atoms with Crippen molar-refractivity contribution < 1.29 is 13.2 Å². The topological polar surface area (TPSA) is 0 Å². The first-order valence-electron chi connectivity index (χ1n) is 6.29. The molecule has 0 saturated heterocycles. The highest BCUT2D eigenvalue weighted by Gasteiger charge is 2.12. The maximum atomic E-state index is 13.2. The lowest BCUT2D eigenvalue weighted by atomic mass is 9.90. The molecule has 1 unspecified atom stereocenters. The molecule has 0 fully saturated rings. The van der Waals surface area contributed by atoms with Gasteiger partial charge in [-0.3, -0.25) is 0 Å². The van der Waals surface area contributed by atoms with E-state index in [2.05, 4.69) is 0 Å². The SMILES string of the molecule is CCC(Cc1ccc(F)c(F)c1)c1ccc(F)cc1. The zero-order chi connectivity index (χ0) is 13.8. The summed E-state index contributed by atoms with van der Waals surface area (Å²) < 4.78 is 38.9. The van der Waals surface area contributed by atoms with E-state index in [1.165, 1.54) is 18.2 Å². The number of rotatable bonds is 4. The molecule has 0 aliphatic carbocycles. The van der Waals surface area contributed by atoms with Crippen molar-refractivity contribution in [3.8, 4) is 0 Å². The molecule has 0 bridgehead atoms. The van der Waals surface area contributed by atoms with Gasteiger partial charge in [0.15, 0.2) is 11.6 Å². The van der Waals surface area contributed by atoms with Crippen LogP contribution in [-0.4, -0.2) is 0 Å². The van der Waals surface area contributed by atoms with Gasteiger partial charge in [0.05, 0.1) is 0 Å². The fraction of sp³-hybridized carbons (Fsp3) is 0.250. The van der Waals surface area contributed by atoms with Gasteiger partial charge in [-0.2, -0.15) is 0 Å². The van der Waals surface area contributed by atoms with E-state index in [9.17, 15) is 13.2 Å². The molecule has 0 radical (unpaired) electrons. The van der Waals surface area contributed by atoms with Crippen molar-refractivity contribution >= 4 is 0 Å². The molecule has 0 aliphatic heterocycles. The second-order valence-electron chi connectivity index (χ2n) is 4.61. The average molecular weight is 264 g/mol. The Morgan fingerprint density at radius 3 is 2.16 bits per heavy atom. The van der Waals surface area contributed by atoms with Gasteiger partial charge in [0.25, 0.3) is 0 Å². The van der Waals surface area contributed by atoms with Crippen LogP contribution in [0.25, 0.3) is 0 Å². The molecule has 0 saturated carbocycles. The van der Waals surface area contributed by atoms with Crippen LogP contribution in [0, 0.1) is 17.5 Å². The van der Waals surface area contributed by atoms with Crippen molar-refractivity contribution in [3.63, 3.8) is 0 Å². The first-order valence-corrected chi connectivity index (χ1v) is 6.29. The number of hydrogen-bond donors (Lipinski definition) is 0. The third-order valence-electron chi connectivity index (χ3n) is 3.30. The molecule has 0 nitrogen and oxygen atoms in total. The predicted molar refractivity (Wildman–Crippen MR) is 69.5 cm³/mol. The molecule has 3 heteroatoms. The van der Waals surface area contributed by atoms with Crippen LogP contribution in [0.4, 0.5) is 13.2 Å². The molecule has 0 spiro atoms. The van der Waals surface area contributed by atoms with Gasteiger partial charge in [-0.1, -0.05) is 25.1 Å². The minimum atomic E-state index is -0.835. The van der Waals surface area contributed by atoms with E-state index in [-0.39, 0.29) is 11.7 Å². The van der Waals surface area contributed by atoms with E-state index >= 15 is 0 Å². The Balaban J connectivity index is 2.18. The Bertz CT molecular complexity index is 546. The van der Waals surface area contributed by atoms with Crippen molar-refractivity contribution in [1.82, 2.24) is 0 Å². The fourth-order valence-corrected chi connectivity index (χ4v) is 2.18. The van der Waals surface area contributed by atoms with Crippen LogP contribution >= 0.6 is 0 Å². The average Bonchev–Trinajstić information content (AvgIpc) is 2.41. The summed E-state index contributed by atoms with van der Waals surface area (Å²) in [6.07, 6.45) is 1.46. The third kappa shape index (κ3) is 3.37. The van der Waals surface area contributed by atoms with Gasteiger partial charge in [-0.05, 0) is 54.2 Å². The van der Waals surface area contributed by atoms with Crippen LogP contribution in [0.3, 0.4) is 0 Å². The van der Waals surface area contributed by atoms with E-state index in [0.29, 0.717) is 6.42 Å². The quantitative estimate of drug-likeness (QED) is 0.741. The summed E-state index contributed by atoms with van der Waals surface area (Å²) in [6, 6.07) is 10.3. The van der Waals surface area contributed by atoms with Crippen molar-refractivity contribution in [2.24, 2.45) is 0 Å². The van der Waals surface area contributed by atoms with E-state index in [4.69, 9.17) is 0 Å². The van der Waals surface area contributed by atoms with Crippen molar-refractivity contribution in [2.75, 3.05) is 0 Å². The molecular formula is C16H15F3. The lowest BCUT2D eigenvalue weighted by Crippen LogP contribution is -2.02. The number of hydrogen-bond acceptors (Lipinski definition) is 0. The molecule has 2 aromatic carbocycles. The number of halogens is 3. The number of benzene rings is 2. The minimum absolute atomic E-state index is 0.172. The van der Waals surface area contributed by atoms with Crippen LogP contribution < -0.4 is 0 Å². The van der Waals surface area contributed by atoms with Gasteiger partial charge in [-0.25, -0.2) is 13.2 Å². The Morgan fingerprint density at radius 2 is 1.58 bits per heavy atom. The minimum Gasteiger partial charge on any atom is -0.207 e. The summed E-state index contributed by atoms with van der Waals surface area (Å²) in [5, 5.41) is 0. The Hall–Kier alpha value is -1.77. The zero-order valence-electron chi connectivity index (χ0n) is 10.7. The van der Waals surface area contributed by atoms with Gasteiger partial charge < -0.3 is 0 Å². The van der Waals surface area contributed by atoms with Gasteiger partial charge in [0.1, 0.15) is 5.82 Å². The molecule has 19 heavy (non-hydrogen) atoms. The Labute approximate surface area is 110 Å². The van der Waals surface area contributed by atoms with Crippen molar-refractivity contribution in [2.45, 2.75) is 25.7 Å². The van der Waals surface area contributed by atoms with E-state index < -0.39 is 11.6 Å².